The molecular weight excluding hydrogens is 324 g/mol. The summed E-state index contributed by atoms with van der Waals surface area (Å²) in [6, 6.07) is 4.17. The van der Waals surface area contributed by atoms with Crippen LogP contribution in [0.2, 0.25) is 0 Å². The van der Waals surface area contributed by atoms with E-state index in [2.05, 4.69) is 0 Å². The normalized spacial score (nSPS) is 12.7. The number of ether oxygens (including phenoxy) is 1. The fourth-order valence-corrected chi connectivity index (χ4v) is 3.06. The quantitative estimate of drug-likeness (QED) is 0.741. The molecule has 0 aliphatic rings. The van der Waals surface area contributed by atoms with Crippen LogP contribution >= 0.6 is 10.7 Å². The molecule has 1 rings (SSSR count). The van der Waals surface area contributed by atoms with Gasteiger partial charge in [0.2, 0.25) is 0 Å². The van der Waals surface area contributed by atoms with E-state index in [1.165, 1.54) is 18.2 Å². The predicted molar refractivity (Wildman–Crippen MR) is 78.6 cm³/mol. The molecule has 0 heterocycles. The number of hydrogen-bond acceptors (Lipinski definition) is 5. The Morgan fingerprint density at radius 1 is 1.20 bits per heavy atom. The van der Waals surface area contributed by atoms with E-state index in [0.29, 0.717) is 11.3 Å². The summed E-state index contributed by atoms with van der Waals surface area (Å²) in [7, 11) is -1.70. The van der Waals surface area contributed by atoms with E-state index in [-0.39, 0.29) is 17.3 Å². The number of halogens is 1. The van der Waals surface area contributed by atoms with Crippen molar-refractivity contribution < 1.29 is 21.6 Å². The maximum absolute atomic E-state index is 11.6. The molecule has 0 bridgehead atoms. The van der Waals surface area contributed by atoms with Crippen LogP contribution in [0.4, 0.5) is 0 Å². The van der Waals surface area contributed by atoms with Crippen molar-refractivity contribution in [3.8, 4) is 5.75 Å². The zero-order valence-electron chi connectivity index (χ0n) is 11.5. The lowest BCUT2D eigenvalue weighted by Crippen LogP contribution is -2.22. The van der Waals surface area contributed by atoms with Crippen LogP contribution in [0.5, 0.6) is 5.75 Å². The van der Waals surface area contributed by atoms with Crippen LogP contribution in [-0.2, 0) is 18.9 Å². The van der Waals surface area contributed by atoms with Gasteiger partial charge in [-0.15, -0.1) is 0 Å². The van der Waals surface area contributed by atoms with E-state index < -0.39 is 24.1 Å². The van der Waals surface area contributed by atoms with Gasteiger partial charge in [-0.25, -0.2) is 16.8 Å². The smallest absolute Gasteiger partial charge is 0.261 e. The van der Waals surface area contributed by atoms with E-state index in [1.807, 2.05) is 0 Å². The summed E-state index contributed by atoms with van der Waals surface area (Å²) in [5.74, 6) is 0.354. The molecule has 0 amide bonds. The largest absolute Gasteiger partial charge is 0.492 e. The Morgan fingerprint density at radius 2 is 1.80 bits per heavy atom. The zero-order valence-corrected chi connectivity index (χ0v) is 13.8. The van der Waals surface area contributed by atoms with Gasteiger partial charge in [-0.2, -0.15) is 0 Å². The molecule has 0 saturated heterocycles. The highest BCUT2D eigenvalue weighted by Gasteiger charge is 2.16. The highest BCUT2D eigenvalue weighted by atomic mass is 35.7. The third-order valence-electron chi connectivity index (χ3n) is 2.77. The Morgan fingerprint density at radius 3 is 2.25 bits per heavy atom. The van der Waals surface area contributed by atoms with Gasteiger partial charge >= 0.3 is 0 Å². The first-order chi connectivity index (χ1) is 9.04. The van der Waals surface area contributed by atoms with Crippen molar-refractivity contribution in [2.24, 2.45) is 0 Å². The minimum absolute atomic E-state index is 0.0150. The molecule has 0 spiro atoms. The monoisotopic (exact) mass is 340 g/mol. The lowest BCUT2D eigenvalue weighted by atomic mass is 10.2. The first-order valence-electron chi connectivity index (χ1n) is 5.94. The molecule has 0 unspecified atom stereocenters. The van der Waals surface area contributed by atoms with Crippen molar-refractivity contribution in [2.75, 3.05) is 12.4 Å². The van der Waals surface area contributed by atoms with E-state index in [9.17, 15) is 16.8 Å². The maximum atomic E-state index is 11.6. The van der Waals surface area contributed by atoms with E-state index in [0.717, 1.165) is 0 Å². The topological polar surface area (TPSA) is 77.5 Å². The van der Waals surface area contributed by atoms with Gasteiger partial charge in [-0.1, -0.05) is 0 Å². The molecular formula is C12H17ClO5S2. The number of rotatable bonds is 6. The standard InChI is InChI=1S/C12H17ClO5S2/c1-9(2)19(14,15)7-6-18-12-5-4-11(8-10(12)3)20(13,16)17/h4-5,8-9H,6-7H2,1-3H3. The molecule has 0 aliphatic heterocycles. The van der Waals surface area contributed by atoms with Crippen molar-refractivity contribution in [3.63, 3.8) is 0 Å². The third kappa shape index (κ3) is 4.64. The average Bonchev–Trinajstić information content (AvgIpc) is 2.29. The highest BCUT2D eigenvalue weighted by molar-refractivity contribution is 8.13. The summed E-state index contributed by atoms with van der Waals surface area (Å²) >= 11 is 0. The van der Waals surface area contributed by atoms with Gasteiger partial charge in [-0.05, 0) is 44.5 Å². The lowest BCUT2D eigenvalue weighted by molar-refractivity contribution is 0.338. The van der Waals surface area contributed by atoms with Crippen LogP contribution in [0.25, 0.3) is 0 Å². The molecule has 5 nitrogen and oxygen atoms in total. The van der Waals surface area contributed by atoms with Crippen LogP contribution in [0.15, 0.2) is 23.1 Å². The summed E-state index contributed by atoms with van der Waals surface area (Å²) in [5, 5.41) is -0.448. The molecule has 20 heavy (non-hydrogen) atoms. The third-order valence-corrected chi connectivity index (χ3v) is 6.30. The summed E-state index contributed by atoms with van der Waals surface area (Å²) in [4.78, 5) is -0.0150. The van der Waals surface area contributed by atoms with Crippen LogP contribution in [0.1, 0.15) is 19.4 Å². The Balaban J connectivity index is 2.76. The second kappa shape index (κ2) is 6.32. The highest BCUT2D eigenvalue weighted by Crippen LogP contribution is 2.23. The second-order valence-electron chi connectivity index (χ2n) is 4.63. The van der Waals surface area contributed by atoms with E-state index in [4.69, 9.17) is 15.4 Å². The summed E-state index contributed by atoms with van der Waals surface area (Å²) in [6.45, 7) is 4.91. The minimum atomic E-state index is -3.78. The zero-order chi connectivity index (χ0) is 15.6. The minimum Gasteiger partial charge on any atom is -0.492 e. The van der Waals surface area contributed by atoms with Gasteiger partial charge in [0, 0.05) is 10.7 Å². The molecule has 0 aromatic heterocycles. The molecule has 0 radical (unpaired) electrons. The molecule has 0 fully saturated rings. The fraction of sp³-hybridized carbons (Fsp3) is 0.500. The van der Waals surface area contributed by atoms with Crippen LogP contribution < -0.4 is 4.74 Å². The van der Waals surface area contributed by atoms with Crippen molar-refractivity contribution in [3.05, 3.63) is 23.8 Å². The first-order valence-corrected chi connectivity index (χ1v) is 9.96. The summed E-state index contributed by atoms with van der Waals surface area (Å²) in [6.07, 6.45) is 0. The lowest BCUT2D eigenvalue weighted by Gasteiger charge is -2.11. The molecule has 0 aliphatic carbocycles. The molecule has 114 valence electrons. The maximum Gasteiger partial charge on any atom is 0.261 e. The van der Waals surface area contributed by atoms with Gasteiger partial charge in [-0.3, -0.25) is 0 Å². The van der Waals surface area contributed by atoms with Crippen molar-refractivity contribution in [1.29, 1.82) is 0 Å². The van der Waals surface area contributed by atoms with Gasteiger partial charge in [0.25, 0.3) is 9.05 Å². The van der Waals surface area contributed by atoms with E-state index in [1.54, 1.807) is 20.8 Å². The number of sulfone groups is 1. The number of aryl methyl sites for hydroxylation is 1. The Labute approximate surface area is 124 Å². The molecule has 0 saturated carbocycles. The van der Waals surface area contributed by atoms with Gasteiger partial charge in [0.05, 0.1) is 15.9 Å². The van der Waals surface area contributed by atoms with Gasteiger partial charge in [0.1, 0.15) is 12.4 Å². The first kappa shape index (κ1) is 17.3. The predicted octanol–water partition coefficient (Wildman–Crippen LogP) is 2.12. The van der Waals surface area contributed by atoms with Gasteiger partial charge in [0.15, 0.2) is 9.84 Å². The molecule has 1 aromatic rings. The van der Waals surface area contributed by atoms with Crippen LogP contribution in [0, 0.1) is 6.92 Å². The Kier molecular flexibility index (Phi) is 5.46. The van der Waals surface area contributed by atoms with Crippen LogP contribution in [-0.4, -0.2) is 34.4 Å². The SMILES string of the molecule is Cc1cc(S(=O)(=O)Cl)ccc1OCCS(=O)(=O)C(C)C. The molecule has 0 atom stereocenters. The van der Waals surface area contributed by atoms with Gasteiger partial charge < -0.3 is 4.74 Å². The van der Waals surface area contributed by atoms with Crippen LogP contribution in [0.3, 0.4) is 0 Å². The number of benzene rings is 1. The summed E-state index contributed by atoms with van der Waals surface area (Å²) < 4.78 is 50.9. The molecule has 0 N–H and O–H groups in total. The van der Waals surface area contributed by atoms with Crippen molar-refractivity contribution >= 4 is 29.6 Å². The summed E-state index contributed by atoms with van der Waals surface area (Å²) in [5.41, 5.74) is 0.577. The van der Waals surface area contributed by atoms with Crippen molar-refractivity contribution in [1.82, 2.24) is 0 Å². The molecule has 1 aromatic carbocycles. The molecule has 8 heteroatoms. The van der Waals surface area contributed by atoms with E-state index >= 15 is 0 Å². The number of hydrogen-bond donors (Lipinski definition) is 0. The van der Waals surface area contributed by atoms with Crippen molar-refractivity contribution in [2.45, 2.75) is 30.9 Å². The fourth-order valence-electron chi connectivity index (χ4n) is 1.44. The average molecular weight is 341 g/mol. The Bertz CT molecular complexity index is 678. The Hall–Kier alpha value is -0.790. The second-order valence-corrected chi connectivity index (χ2v) is 9.87.